The van der Waals surface area contributed by atoms with Gasteiger partial charge in [-0.2, -0.15) is 0 Å². The fraction of sp³-hybridized carbons (Fsp3) is 0.188. The zero-order chi connectivity index (χ0) is 15.7. The minimum Gasteiger partial charge on any atom is -0.462 e. The molecule has 22 heavy (non-hydrogen) atoms. The number of halogens is 1. The number of benzene rings is 2. The zero-order valence-corrected chi connectivity index (χ0v) is 13.5. The van der Waals surface area contributed by atoms with E-state index in [1.807, 2.05) is 18.2 Å². The molecule has 0 spiro atoms. The van der Waals surface area contributed by atoms with E-state index in [4.69, 9.17) is 10.5 Å². The van der Waals surface area contributed by atoms with Crippen molar-refractivity contribution in [3.63, 3.8) is 0 Å². The minimum absolute atomic E-state index is 0.315. The summed E-state index contributed by atoms with van der Waals surface area (Å²) < 4.78 is 5.73. The van der Waals surface area contributed by atoms with Crippen LogP contribution >= 0.6 is 15.9 Å². The normalized spacial score (nSPS) is 15.6. The van der Waals surface area contributed by atoms with E-state index in [9.17, 15) is 4.79 Å². The number of anilines is 1. The molecule has 0 fully saturated rings. The number of hydrogen-bond donors (Lipinski definition) is 1. The molecule has 0 bridgehead atoms. The monoisotopic (exact) mass is 359 g/mol. The minimum atomic E-state index is -0.326. The number of fused-ring (bicyclic) bond motifs is 1. The lowest BCUT2D eigenvalue weighted by molar-refractivity contribution is 0.0526. The summed E-state index contributed by atoms with van der Waals surface area (Å²) in [6.45, 7) is 2.14. The second kappa shape index (κ2) is 5.88. The molecule has 1 heterocycles. The maximum Gasteiger partial charge on any atom is 0.338 e. The SMILES string of the molecule is CCOC(=O)c1ccc([C@H]2N=c3ccc(N)c(Br)c3=N2)cc1. The van der Waals surface area contributed by atoms with E-state index in [1.165, 1.54) is 0 Å². The molecule has 0 aliphatic carbocycles. The van der Waals surface area contributed by atoms with E-state index in [1.54, 1.807) is 25.1 Å². The average molecular weight is 360 g/mol. The van der Waals surface area contributed by atoms with Crippen molar-refractivity contribution in [3.8, 4) is 0 Å². The number of nitrogens with two attached hydrogens (primary N) is 1. The average Bonchev–Trinajstić information content (AvgIpc) is 2.96. The van der Waals surface area contributed by atoms with Gasteiger partial charge in [0.15, 0.2) is 6.17 Å². The van der Waals surface area contributed by atoms with E-state index >= 15 is 0 Å². The van der Waals surface area contributed by atoms with E-state index < -0.39 is 0 Å². The molecule has 5 nitrogen and oxygen atoms in total. The maximum atomic E-state index is 11.6. The van der Waals surface area contributed by atoms with E-state index in [0.717, 1.165) is 20.8 Å². The van der Waals surface area contributed by atoms with Gasteiger partial charge in [0.1, 0.15) is 5.36 Å². The van der Waals surface area contributed by atoms with Crippen molar-refractivity contribution in [2.24, 2.45) is 9.98 Å². The largest absolute Gasteiger partial charge is 0.462 e. The third-order valence-electron chi connectivity index (χ3n) is 3.36. The van der Waals surface area contributed by atoms with Crippen molar-refractivity contribution in [3.05, 3.63) is 62.7 Å². The summed E-state index contributed by atoms with van der Waals surface area (Å²) in [6, 6.07) is 10.8. The highest BCUT2D eigenvalue weighted by molar-refractivity contribution is 9.10. The van der Waals surface area contributed by atoms with Crippen LogP contribution in [0.25, 0.3) is 0 Å². The van der Waals surface area contributed by atoms with Gasteiger partial charge in [-0.1, -0.05) is 12.1 Å². The van der Waals surface area contributed by atoms with Gasteiger partial charge in [0.2, 0.25) is 0 Å². The second-order valence-corrected chi connectivity index (χ2v) is 5.60. The Balaban J connectivity index is 1.92. The first-order chi connectivity index (χ1) is 10.6. The van der Waals surface area contributed by atoms with Gasteiger partial charge in [0.25, 0.3) is 0 Å². The first kappa shape index (κ1) is 14.7. The van der Waals surface area contributed by atoms with Crippen molar-refractivity contribution < 1.29 is 9.53 Å². The van der Waals surface area contributed by atoms with Crippen LogP contribution in [-0.2, 0) is 4.74 Å². The van der Waals surface area contributed by atoms with Gasteiger partial charge in [0.05, 0.1) is 22.0 Å². The van der Waals surface area contributed by atoms with Crippen LogP contribution in [0.3, 0.4) is 0 Å². The van der Waals surface area contributed by atoms with E-state index in [0.29, 0.717) is 17.9 Å². The van der Waals surface area contributed by atoms with Crippen LogP contribution in [-0.4, -0.2) is 12.6 Å². The molecule has 112 valence electrons. The van der Waals surface area contributed by atoms with Crippen LogP contribution in [0.5, 0.6) is 0 Å². The molecule has 1 atom stereocenters. The Bertz CT molecular complexity index is 847. The lowest BCUT2D eigenvalue weighted by Crippen LogP contribution is -2.23. The Morgan fingerprint density at radius 2 is 1.95 bits per heavy atom. The molecule has 6 heteroatoms. The fourth-order valence-electron chi connectivity index (χ4n) is 2.23. The quantitative estimate of drug-likeness (QED) is 0.673. The molecule has 2 aromatic carbocycles. The third-order valence-corrected chi connectivity index (χ3v) is 4.19. The molecular weight excluding hydrogens is 346 g/mol. The number of carbonyl (C=O) groups is 1. The van der Waals surface area contributed by atoms with Gasteiger partial charge in [0, 0.05) is 5.69 Å². The number of ether oxygens (including phenoxy) is 1. The highest BCUT2D eigenvalue weighted by Crippen LogP contribution is 2.22. The molecule has 0 amide bonds. The summed E-state index contributed by atoms with van der Waals surface area (Å²) in [7, 11) is 0. The van der Waals surface area contributed by atoms with Gasteiger partial charge in [-0.3, -0.25) is 9.98 Å². The molecule has 0 radical (unpaired) electrons. The molecule has 0 aromatic heterocycles. The lowest BCUT2D eigenvalue weighted by Gasteiger charge is -2.06. The van der Waals surface area contributed by atoms with Crippen molar-refractivity contribution in [1.29, 1.82) is 0 Å². The molecule has 1 aliphatic heterocycles. The Hall–Kier alpha value is -2.21. The maximum absolute atomic E-state index is 11.6. The van der Waals surface area contributed by atoms with Gasteiger partial charge < -0.3 is 10.5 Å². The predicted octanol–water partition coefficient (Wildman–Crippen LogP) is 2.16. The molecular formula is C16H14BrN3O2. The number of nitrogen functional groups attached to an aromatic ring is 1. The topological polar surface area (TPSA) is 77.0 Å². The zero-order valence-electron chi connectivity index (χ0n) is 11.9. The van der Waals surface area contributed by atoms with Gasteiger partial charge >= 0.3 is 5.97 Å². The number of rotatable bonds is 3. The molecule has 0 saturated carbocycles. The highest BCUT2D eigenvalue weighted by Gasteiger charge is 2.16. The molecule has 0 saturated heterocycles. The van der Waals surface area contributed by atoms with Crippen LogP contribution in [0.4, 0.5) is 5.69 Å². The van der Waals surface area contributed by atoms with Crippen molar-refractivity contribution in [1.82, 2.24) is 0 Å². The van der Waals surface area contributed by atoms with Crippen molar-refractivity contribution >= 4 is 27.6 Å². The summed E-state index contributed by atoms with van der Waals surface area (Å²) in [4.78, 5) is 20.8. The van der Waals surface area contributed by atoms with Crippen LogP contribution in [0.15, 0.2) is 50.9 Å². The van der Waals surface area contributed by atoms with Crippen LogP contribution in [0.1, 0.15) is 29.0 Å². The number of esters is 1. The molecule has 2 N–H and O–H groups in total. The molecule has 0 unspecified atom stereocenters. The van der Waals surface area contributed by atoms with Gasteiger partial charge in [-0.05, 0) is 52.7 Å². The Kier molecular flexibility index (Phi) is 3.94. The Morgan fingerprint density at radius 1 is 1.23 bits per heavy atom. The Morgan fingerprint density at radius 3 is 2.64 bits per heavy atom. The van der Waals surface area contributed by atoms with Gasteiger partial charge in [-0.25, -0.2) is 4.79 Å². The first-order valence-corrected chi connectivity index (χ1v) is 7.66. The summed E-state index contributed by atoms with van der Waals surface area (Å²) in [5.41, 5.74) is 7.93. The van der Waals surface area contributed by atoms with Gasteiger partial charge in [-0.15, -0.1) is 0 Å². The number of hydrogen-bond acceptors (Lipinski definition) is 5. The smallest absolute Gasteiger partial charge is 0.338 e. The summed E-state index contributed by atoms with van der Waals surface area (Å²) in [5, 5.41) is 1.57. The standard InChI is InChI=1S/C16H14BrN3O2/c1-2-22-16(21)10-5-3-9(4-6-10)15-19-12-8-7-11(18)13(17)14(12)20-15/h3-8,15H,2,18H2,1H3/t15-/m0/s1. The summed E-state index contributed by atoms with van der Waals surface area (Å²) in [5.74, 6) is -0.326. The number of nitrogens with zero attached hydrogens (tertiary/aromatic N) is 2. The third kappa shape index (κ3) is 2.62. The fourth-order valence-corrected chi connectivity index (χ4v) is 2.67. The molecule has 3 rings (SSSR count). The van der Waals surface area contributed by atoms with Crippen LogP contribution < -0.4 is 16.4 Å². The number of carbonyl (C=O) groups excluding carboxylic acids is 1. The van der Waals surface area contributed by atoms with E-state index in [-0.39, 0.29) is 12.1 Å². The van der Waals surface area contributed by atoms with Crippen molar-refractivity contribution in [2.75, 3.05) is 12.3 Å². The summed E-state index contributed by atoms with van der Waals surface area (Å²) in [6.07, 6.45) is -0.315. The van der Waals surface area contributed by atoms with E-state index in [2.05, 4.69) is 25.9 Å². The first-order valence-electron chi connectivity index (χ1n) is 6.87. The Labute approximate surface area is 135 Å². The lowest BCUT2D eigenvalue weighted by atomic mass is 10.1. The molecule has 1 aliphatic rings. The van der Waals surface area contributed by atoms with Crippen molar-refractivity contribution in [2.45, 2.75) is 13.1 Å². The van der Waals surface area contributed by atoms with Crippen LogP contribution in [0, 0.1) is 0 Å². The summed E-state index contributed by atoms with van der Waals surface area (Å²) >= 11 is 3.44. The predicted molar refractivity (Wildman–Crippen MR) is 86.0 cm³/mol. The van der Waals surface area contributed by atoms with Crippen LogP contribution in [0.2, 0.25) is 0 Å². The highest BCUT2D eigenvalue weighted by atomic mass is 79.9. The second-order valence-electron chi connectivity index (χ2n) is 4.81. The molecule has 2 aromatic rings.